The van der Waals surface area contributed by atoms with Crippen LogP contribution in [-0.2, 0) is 0 Å². The first-order valence-corrected chi connectivity index (χ1v) is 7.96. The van der Waals surface area contributed by atoms with Gasteiger partial charge in [-0.2, -0.15) is 5.10 Å². The monoisotopic (exact) mass is 310 g/mol. The minimum Gasteiger partial charge on any atom is -0.386 e. The molecule has 2 aromatic rings. The molecule has 0 saturated heterocycles. The Morgan fingerprint density at radius 3 is 2.80 bits per heavy atom. The van der Waals surface area contributed by atoms with E-state index in [0.29, 0.717) is 16.5 Å². The van der Waals surface area contributed by atoms with Crippen molar-refractivity contribution in [2.24, 2.45) is 0 Å². The van der Waals surface area contributed by atoms with E-state index in [-0.39, 0.29) is 6.04 Å². The van der Waals surface area contributed by atoms with Gasteiger partial charge >= 0.3 is 0 Å². The maximum atomic E-state index is 10.4. The molecule has 1 atom stereocenters. The van der Waals surface area contributed by atoms with Crippen LogP contribution >= 0.6 is 23.4 Å². The van der Waals surface area contributed by atoms with Crippen LogP contribution in [0.3, 0.4) is 0 Å². The van der Waals surface area contributed by atoms with E-state index in [1.165, 1.54) is 5.56 Å². The largest absolute Gasteiger partial charge is 0.386 e. The average Bonchev–Trinajstić information content (AvgIpc) is 2.78. The maximum Gasteiger partial charge on any atom is 0.106 e. The summed E-state index contributed by atoms with van der Waals surface area (Å²) in [4.78, 5) is 1.15. The molecule has 1 aromatic heterocycles. The van der Waals surface area contributed by atoms with Gasteiger partial charge in [0.15, 0.2) is 0 Å². The summed E-state index contributed by atoms with van der Waals surface area (Å²) in [5, 5.41) is 15.1. The summed E-state index contributed by atoms with van der Waals surface area (Å²) in [6.45, 7) is 6.10. The summed E-state index contributed by atoms with van der Waals surface area (Å²) in [5.41, 5.74) is 1.91. The van der Waals surface area contributed by atoms with Crippen LogP contribution in [-0.4, -0.2) is 20.6 Å². The van der Waals surface area contributed by atoms with Crippen LogP contribution in [0.2, 0.25) is 5.02 Å². The molecule has 0 fully saturated rings. The molecule has 3 nitrogen and oxygen atoms in total. The van der Waals surface area contributed by atoms with Crippen LogP contribution in [0.5, 0.6) is 0 Å². The second-order valence-electron chi connectivity index (χ2n) is 5.06. The number of benzene rings is 1. The summed E-state index contributed by atoms with van der Waals surface area (Å²) in [6.07, 6.45) is 0.968. The molecule has 0 saturated carbocycles. The second-order valence-corrected chi connectivity index (χ2v) is 6.56. The lowest BCUT2D eigenvalue weighted by molar-refractivity contribution is 0.189. The lowest BCUT2D eigenvalue weighted by atomic mass is 10.2. The van der Waals surface area contributed by atoms with Gasteiger partial charge in [0, 0.05) is 16.7 Å². The fourth-order valence-corrected chi connectivity index (χ4v) is 3.24. The number of thioether (sulfide) groups is 1. The SMILES string of the molecule is Cc1cccc(SCC(O)c2c(Cl)cnn2C(C)C)c1. The van der Waals surface area contributed by atoms with Gasteiger partial charge in [0.1, 0.15) is 6.10 Å². The number of rotatable bonds is 5. The summed E-state index contributed by atoms with van der Waals surface area (Å²) < 4.78 is 1.78. The topological polar surface area (TPSA) is 38.1 Å². The highest BCUT2D eigenvalue weighted by Crippen LogP contribution is 2.30. The first kappa shape index (κ1) is 15.4. The lowest BCUT2D eigenvalue weighted by Gasteiger charge is -2.16. The minimum absolute atomic E-state index is 0.177. The Bertz CT molecular complexity index is 583. The molecule has 1 aromatic carbocycles. The van der Waals surface area contributed by atoms with Crippen molar-refractivity contribution in [1.29, 1.82) is 0 Å². The number of hydrogen-bond donors (Lipinski definition) is 1. The molecule has 1 N–H and O–H groups in total. The molecule has 0 radical (unpaired) electrons. The van der Waals surface area contributed by atoms with Crippen molar-refractivity contribution in [1.82, 2.24) is 9.78 Å². The van der Waals surface area contributed by atoms with Crippen molar-refractivity contribution in [3.8, 4) is 0 Å². The normalized spacial score (nSPS) is 12.9. The molecule has 108 valence electrons. The van der Waals surface area contributed by atoms with Gasteiger partial charge in [0.2, 0.25) is 0 Å². The van der Waals surface area contributed by atoms with E-state index in [1.54, 1.807) is 22.6 Å². The van der Waals surface area contributed by atoms with Crippen molar-refractivity contribution in [2.45, 2.75) is 37.8 Å². The first-order chi connectivity index (χ1) is 9.49. The van der Waals surface area contributed by atoms with Crippen LogP contribution in [0.25, 0.3) is 0 Å². The Kier molecular flexibility index (Phi) is 5.13. The van der Waals surface area contributed by atoms with Crippen molar-refractivity contribution in [3.05, 3.63) is 46.7 Å². The standard InChI is InChI=1S/C15H19ClN2OS/c1-10(2)18-15(13(16)8-17-18)14(19)9-20-12-6-4-5-11(3)7-12/h4-8,10,14,19H,9H2,1-3H3. The molecule has 0 amide bonds. The average molecular weight is 311 g/mol. The first-order valence-electron chi connectivity index (χ1n) is 6.59. The van der Waals surface area contributed by atoms with Crippen LogP contribution in [0, 0.1) is 6.92 Å². The maximum absolute atomic E-state index is 10.4. The highest BCUT2D eigenvalue weighted by atomic mass is 35.5. The smallest absolute Gasteiger partial charge is 0.106 e. The van der Waals surface area contributed by atoms with E-state index >= 15 is 0 Å². The van der Waals surface area contributed by atoms with E-state index in [9.17, 15) is 5.11 Å². The van der Waals surface area contributed by atoms with E-state index in [2.05, 4.69) is 24.2 Å². The number of halogens is 1. The molecule has 20 heavy (non-hydrogen) atoms. The molecule has 1 unspecified atom stereocenters. The zero-order valence-electron chi connectivity index (χ0n) is 11.9. The van der Waals surface area contributed by atoms with E-state index in [0.717, 1.165) is 4.90 Å². The van der Waals surface area contributed by atoms with Crippen LogP contribution in [0.1, 0.15) is 37.3 Å². The van der Waals surface area contributed by atoms with Gasteiger partial charge in [-0.3, -0.25) is 4.68 Å². The lowest BCUT2D eigenvalue weighted by Crippen LogP contribution is -2.13. The Labute approximate surface area is 129 Å². The zero-order chi connectivity index (χ0) is 14.7. The van der Waals surface area contributed by atoms with Crippen molar-refractivity contribution in [3.63, 3.8) is 0 Å². The third kappa shape index (κ3) is 3.57. The highest BCUT2D eigenvalue weighted by molar-refractivity contribution is 7.99. The van der Waals surface area contributed by atoms with Gasteiger partial charge in [0.05, 0.1) is 16.9 Å². The third-order valence-electron chi connectivity index (χ3n) is 2.99. The number of aromatic nitrogens is 2. The molecule has 0 aliphatic rings. The Morgan fingerprint density at radius 2 is 2.15 bits per heavy atom. The molecular weight excluding hydrogens is 292 g/mol. The summed E-state index contributed by atoms with van der Waals surface area (Å²) in [7, 11) is 0. The number of aliphatic hydroxyl groups excluding tert-OH is 1. The molecule has 0 aliphatic heterocycles. The molecular formula is C15H19ClN2OS. The van der Waals surface area contributed by atoms with Crippen molar-refractivity contribution < 1.29 is 5.11 Å². The minimum atomic E-state index is -0.627. The fraction of sp³-hybridized carbons (Fsp3) is 0.400. The highest BCUT2D eigenvalue weighted by Gasteiger charge is 2.19. The molecule has 0 spiro atoms. The summed E-state index contributed by atoms with van der Waals surface area (Å²) in [5.74, 6) is 0.557. The number of hydrogen-bond acceptors (Lipinski definition) is 3. The van der Waals surface area contributed by atoms with Gasteiger partial charge < -0.3 is 5.11 Å². The van der Waals surface area contributed by atoms with Gasteiger partial charge in [-0.15, -0.1) is 11.8 Å². The molecule has 2 rings (SSSR count). The Morgan fingerprint density at radius 1 is 1.40 bits per heavy atom. The number of nitrogens with zero attached hydrogens (tertiary/aromatic N) is 2. The van der Waals surface area contributed by atoms with Crippen molar-refractivity contribution >= 4 is 23.4 Å². The van der Waals surface area contributed by atoms with Crippen LogP contribution in [0.15, 0.2) is 35.4 Å². The van der Waals surface area contributed by atoms with E-state index in [1.807, 2.05) is 26.0 Å². The molecule has 0 bridgehead atoms. The fourth-order valence-electron chi connectivity index (χ4n) is 2.03. The third-order valence-corrected chi connectivity index (χ3v) is 4.35. The van der Waals surface area contributed by atoms with E-state index in [4.69, 9.17) is 11.6 Å². The van der Waals surface area contributed by atoms with Gasteiger partial charge in [-0.25, -0.2) is 0 Å². The number of aryl methyl sites for hydroxylation is 1. The zero-order valence-corrected chi connectivity index (χ0v) is 13.4. The van der Waals surface area contributed by atoms with Crippen LogP contribution in [0.4, 0.5) is 0 Å². The molecule has 0 aliphatic carbocycles. The van der Waals surface area contributed by atoms with Crippen LogP contribution < -0.4 is 0 Å². The Balaban J connectivity index is 2.09. The number of aliphatic hydroxyl groups is 1. The van der Waals surface area contributed by atoms with Gasteiger partial charge in [-0.05, 0) is 32.9 Å². The van der Waals surface area contributed by atoms with Gasteiger partial charge in [-0.1, -0.05) is 29.3 Å². The summed E-state index contributed by atoms with van der Waals surface area (Å²) >= 11 is 7.76. The molecule has 1 heterocycles. The predicted octanol–water partition coefficient (Wildman–Crippen LogP) is 4.25. The molecule has 5 heteroatoms. The quantitative estimate of drug-likeness (QED) is 0.839. The Hall–Kier alpha value is -0.970. The van der Waals surface area contributed by atoms with E-state index < -0.39 is 6.10 Å². The van der Waals surface area contributed by atoms with Gasteiger partial charge in [0.25, 0.3) is 0 Å². The second kappa shape index (κ2) is 6.66. The van der Waals surface area contributed by atoms with Crippen molar-refractivity contribution in [2.75, 3.05) is 5.75 Å². The predicted molar refractivity (Wildman–Crippen MR) is 84.5 cm³/mol. The summed E-state index contributed by atoms with van der Waals surface area (Å²) in [6, 6.07) is 8.42.